The first-order chi connectivity index (χ1) is 5.57. The number of benzene rings is 1. The van der Waals surface area contributed by atoms with Gasteiger partial charge in [-0.1, -0.05) is 0 Å². The van der Waals surface area contributed by atoms with Crippen molar-refractivity contribution in [2.24, 2.45) is 0 Å². The number of hydrogen-bond donors (Lipinski definition) is 0. The van der Waals surface area contributed by atoms with Crippen LogP contribution in [0.2, 0.25) is 10.0 Å². The molecular formula is C6HAsCl2F2O. The van der Waals surface area contributed by atoms with Gasteiger partial charge in [-0.05, 0) is 0 Å². The quantitative estimate of drug-likeness (QED) is 0.434. The molecule has 0 saturated heterocycles. The van der Waals surface area contributed by atoms with Crippen LogP contribution in [0.3, 0.4) is 0 Å². The molecule has 0 fully saturated rings. The number of rotatable bonds is 1. The standard InChI is InChI=1S/C6HAsCl2F2O/c8-2-1-3(10)5(9)6(11)4(2)7-12/h1H. The SMILES string of the molecule is O=[As]c1c(Cl)cc(F)c(Cl)c1F. The van der Waals surface area contributed by atoms with Crippen LogP contribution in [-0.2, 0) is 3.74 Å². The molecule has 0 bridgehead atoms. The average Bonchev–Trinajstić information content (AvgIpc) is 2.01. The fourth-order valence-electron chi connectivity index (χ4n) is 0.640. The van der Waals surface area contributed by atoms with Gasteiger partial charge in [0, 0.05) is 0 Å². The number of halogens is 4. The van der Waals surface area contributed by atoms with E-state index < -0.39 is 32.3 Å². The van der Waals surface area contributed by atoms with Crippen molar-refractivity contribution < 1.29 is 12.5 Å². The van der Waals surface area contributed by atoms with Gasteiger partial charge in [-0.25, -0.2) is 0 Å². The Kier molecular flexibility index (Phi) is 3.21. The van der Waals surface area contributed by atoms with Crippen molar-refractivity contribution in [1.29, 1.82) is 0 Å². The summed E-state index contributed by atoms with van der Waals surface area (Å²) < 4.78 is 35.7. The summed E-state index contributed by atoms with van der Waals surface area (Å²) in [6, 6.07) is 0.843. The first-order valence-electron chi connectivity index (χ1n) is 2.74. The maximum atomic E-state index is 12.9. The molecule has 0 unspecified atom stereocenters. The van der Waals surface area contributed by atoms with Crippen molar-refractivity contribution in [3.05, 3.63) is 27.7 Å². The second-order valence-electron chi connectivity index (χ2n) is 1.91. The van der Waals surface area contributed by atoms with Gasteiger partial charge in [0.15, 0.2) is 0 Å². The molecule has 1 aromatic rings. The van der Waals surface area contributed by atoms with Gasteiger partial charge in [0.2, 0.25) is 0 Å². The van der Waals surface area contributed by atoms with Crippen LogP contribution < -0.4 is 4.35 Å². The molecule has 0 atom stereocenters. The summed E-state index contributed by atoms with van der Waals surface area (Å²) in [4.78, 5) is 0. The molecule has 1 nitrogen and oxygen atoms in total. The van der Waals surface area contributed by atoms with E-state index in [-0.39, 0.29) is 9.37 Å². The summed E-state index contributed by atoms with van der Waals surface area (Å²) in [5.41, 5.74) is 0. The molecule has 64 valence electrons. The van der Waals surface area contributed by atoms with Crippen LogP contribution in [0.4, 0.5) is 8.78 Å². The van der Waals surface area contributed by atoms with Gasteiger partial charge in [0.05, 0.1) is 0 Å². The van der Waals surface area contributed by atoms with Gasteiger partial charge in [-0.15, -0.1) is 0 Å². The predicted octanol–water partition coefficient (Wildman–Crippen LogP) is 1.95. The van der Waals surface area contributed by atoms with Gasteiger partial charge >= 0.3 is 83.5 Å². The molecule has 0 saturated carbocycles. The summed E-state index contributed by atoms with van der Waals surface area (Å²) in [6.45, 7) is 0. The van der Waals surface area contributed by atoms with E-state index >= 15 is 0 Å². The molecule has 0 aliphatic rings. The molecular weight excluding hydrogens is 272 g/mol. The Morgan fingerprint density at radius 2 is 1.92 bits per heavy atom. The predicted molar refractivity (Wildman–Crippen MR) is 42.5 cm³/mol. The summed E-state index contributed by atoms with van der Waals surface area (Å²) in [5, 5.41) is -0.857. The van der Waals surface area contributed by atoms with Gasteiger partial charge in [0.1, 0.15) is 0 Å². The van der Waals surface area contributed by atoms with Crippen LogP contribution in [0.1, 0.15) is 0 Å². The van der Waals surface area contributed by atoms with Crippen molar-refractivity contribution in [2.45, 2.75) is 0 Å². The van der Waals surface area contributed by atoms with Crippen molar-refractivity contribution >= 4 is 43.2 Å². The summed E-state index contributed by atoms with van der Waals surface area (Å²) in [5.74, 6) is -1.98. The minimum absolute atomic E-state index is 0.190. The maximum absolute atomic E-state index is 12.9. The molecule has 0 aromatic heterocycles. The first kappa shape index (κ1) is 10.1. The Morgan fingerprint density at radius 3 is 2.42 bits per heavy atom. The molecule has 0 N–H and O–H groups in total. The van der Waals surface area contributed by atoms with Crippen molar-refractivity contribution in [3.63, 3.8) is 0 Å². The normalized spacial score (nSPS) is 10.7. The van der Waals surface area contributed by atoms with Crippen LogP contribution >= 0.6 is 23.2 Å². The molecule has 1 rings (SSSR count). The van der Waals surface area contributed by atoms with Gasteiger partial charge in [-0.2, -0.15) is 0 Å². The average molecular weight is 273 g/mol. The first-order valence-corrected chi connectivity index (χ1v) is 5.20. The summed E-state index contributed by atoms with van der Waals surface area (Å²) in [6.07, 6.45) is 0. The van der Waals surface area contributed by atoms with E-state index in [0.717, 1.165) is 6.07 Å². The second kappa shape index (κ2) is 3.82. The molecule has 0 amide bonds. The molecule has 0 spiro atoms. The van der Waals surface area contributed by atoms with Crippen LogP contribution in [-0.4, -0.2) is 15.7 Å². The topological polar surface area (TPSA) is 17.1 Å². The van der Waals surface area contributed by atoms with Gasteiger partial charge in [-0.3, -0.25) is 0 Å². The Labute approximate surface area is 83.6 Å². The summed E-state index contributed by atoms with van der Waals surface area (Å²) >= 11 is 8.96. The molecule has 0 heterocycles. The third-order valence-electron chi connectivity index (χ3n) is 1.18. The molecule has 0 aliphatic heterocycles. The van der Waals surface area contributed by atoms with E-state index in [1.165, 1.54) is 0 Å². The zero-order valence-corrected chi connectivity index (χ0v) is 8.83. The zero-order chi connectivity index (χ0) is 9.30. The molecule has 0 radical (unpaired) electrons. The minimum atomic E-state index is -1.64. The molecule has 1 aromatic carbocycles. The second-order valence-corrected chi connectivity index (χ2v) is 4.01. The third kappa shape index (κ3) is 1.68. The van der Waals surface area contributed by atoms with Gasteiger partial charge < -0.3 is 0 Å². The van der Waals surface area contributed by atoms with E-state index in [2.05, 4.69) is 0 Å². The Morgan fingerprint density at radius 1 is 1.33 bits per heavy atom. The monoisotopic (exact) mass is 272 g/mol. The van der Waals surface area contributed by atoms with Crippen LogP contribution in [0.25, 0.3) is 0 Å². The van der Waals surface area contributed by atoms with Crippen LogP contribution in [0, 0.1) is 11.6 Å². The van der Waals surface area contributed by atoms with E-state index in [1.54, 1.807) is 0 Å². The summed E-state index contributed by atoms with van der Waals surface area (Å²) in [7, 11) is 0. The van der Waals surface area contributed by atoms with E-state index in [0.29, 0.717) is 0 Å². The van der Waals surface area contributed by atoms with Crippen LogP contribution in [0.5, 0.6) is 0 Å². The van der Waals surface area contributed by atoms with Gasteiger partial charge in [0.25, 0.3) is 0 Å². The Bertz CT molecular complexity index is 343. The van der Waals surface area contributed by atoms with Crippen molar-refractivity contribution in [3.8, 4) is 0 Å². The van der Waals surface area contributed by atoms with Crippen molar-refractivity contribution in [2.75, 3.05) is 0 Å². The molecule has 6 heteroatoms. The van der Waals surface area contributed by atoms with Crippen molar-refractivity contribution in [1.82, 2.24) is 0 Å². The fraction of sp³-hybridized carbons (Fsp3) is 0. The van der Waals surface area contributed by atoms with Crippen LogP contribution in [0.15, 0.2) is 6.07 Å². The Balaban J connectivity index is 3.51. The Hall–Kier alpha value is 0.0184. The molecule has 0 aliphatic carbocycles. The van der Waals surface area contributed by atoms with E-state index in [4.69, 9.17) is 23.2 Å². The fourth-order valence-corrected chi connectivity index (χ4v) is 2.01. The third-order valence-corrected chi connectivity index (χ3v) is 3.41. The van der Waals surface area contributed by atoms with E-state index in [1.807, 2.05) is 0 Å². The number of hydrogen-bond acceptors (Lipinski definition) is 1. The van der Waals surface area contributed by atoms with E-state index in [9.17, 15) is 12.5 Å². The zero-order valence-electron chi connectivity index (χ0n) is 5.44. The molecule has 12 heavy (non-hydrogen) atoms.